The number of phenolic OH excluding ortho intramolecular Hbond substituents is 1. The molecule has 0 aliphatic heterocycles. The van der Waals surface area contributed by atoms with Crippen LogP contribution in [-0.4, -0.2) is 27.7 Å². The van der Waals surface area contributed by atoms with Crippen LogP contribution in [0.15, 0.2) is 48.7 Å². The zero-order valence-electron chi connectivity index (χ0n) is 14.7. The first-order chi connectivity index (χ1) is 13.5. The molecule has 0 amide bonds. The van der Waals surface area contributed by atoms with Gasteiger partial charge in [-0.05, 0) is 30.3 Å². The molecule has 4 aromatic rings. The standard InChI is InChI=1S/C20H14N4O3S/c1-27-20(26)18-17(22)12(9-21)10-24(18)13-5-6-15-16(8-13)28-19(23-15)11-3-2-4-14(25)7-11/h2-8,10,25H,22H2,1H3. The summed E-state index contributed by atoms with van der Waals surface area (Å²) in [6, 6.07) is 14.4. The molecule has 3 N–H and O–H groups in total. The van der Waals surface area contributed by atoms with Crippen LogP contribution in [0.5, 0.6) is 5.75 Å². The molecule has 0 radical (unpaired) electrons. The van der Waals surface area contributed by atoms with Crippen molar-refractivity contribution < 1.29 is 14.6 Å². The van der Waals surface area contributed by atoms with Gasteiger partial charge in [0.15, 0.2) is 5.69 Å². The van der Waals surface area contributed by atoms with Crippen molar-refractivity contribution in [2.24, 2.45) is 0 Å². The van der Waals surface area contributed by atoms with Gasteiger partial charge in [0.25, 0.3) is 0 Å². The second-order valence-corrected chi connectivity index (χ2v) is 7.03. The fourth-order valence-corrected chi connectivity index (χ4v) is 3.94. The van der Waals surface area contributed by atoms with Crippen molar-refractivity contribution in [3.8, 4) is 28.1 Å². The molecule has 0 aliphatic rings. The van der Waals surface area contributed by atoms with Crippen molar-refractivity contribution in [3.05, 3.63) is 59.9 Å². The molecule has 0 spiro atoms. The molecule has 2 aromatic carbocycles. The molecule has 0 saturated heterocycles. The number of anilines is 1. The Morgan fingerprint density at radius 3 is 2.86 bits per heavy atom. The van der Waals surface area contributed by atoms with E-state index in [2.05, 4.69) is 4.98 Å². The third kappa shape index (κ3) is 2.84. The van der Waals surface area contributed by atoms with Crippen LogP contribution in [0.1, 0.15) is 16.1 Å². The van der Waals surface area contributed by atoms with Crippen LogP contribution in [0.4, 0.5) is 5.69 Å². The number of carbonyl (C=O) groups is 1. The quantitative estimate of drug-likeness (QED) is 0.516. The zero-order chi connectivity index (χ0) is 19.8. The lowest BCUT2D eigenvalue weighted by atomic mass is 10.2. The number of nitriles is 1. The third-order valence-electron chi connectivity index (χ3n) is 4.29. The number of aromatic hydroxyl groups is 1. The maximum Gasteiger partial charge on any atom is 0.357 e. The van der Waals surface area contributed by atoms with Crippen LogP contribution in [0, 0.1) is 11.3 Å². The molecular formula is C20H14N4O3S. The van der Waals surface area contributed by atoms with E-state index in [-0.39, 0.29) is 22.7 Å². The van der Waals surface area contributed by atoms with E-state index >= 15 is 0 Å². The number of phenols is 1. The molecule has 8 heteroatoms. The van der Waals surface area contributed by atoms with E-state index in [0.29, 0.717) is 5.69 Å². The average Bonchev–Trinajstić information content (AvgIpc) is 3.27. The average molecular weight is 390 g/mol. The Bertz CT molecular complexity index is 1270. The van der Waals surface area contributed by atoms with Gasteiger partial charge in [-0.2, -0.15) is 5.26 Å². The number of nitrogens with two attached hydrogens (primary N) is 1. The van der Waals surface area contributed by atoms with Crippen molar-refractivity contribution in [1.29, 1.82) is 5.26 Å². The summed E-state index contributed by atoms with van der Waals surface area (Å²) >= 11 is 1.46. The minimum Gasteiger partial charge on any atom is -0.508 e. The number of hydrogen-bond acceptors (Lipinski definition) is 7. The molecule has 0 saturated carbocycles. The van der Waals surface area contributed by atoms with Crippen molar-refractivity contribution >= 4 is 33.2 Å². The van der Waals surface area contributed by atoms with Crippen molar-refractivity contribution in [2.45, 2.75) is 0 Å². The number of ether oxygens (including phenoxy) is 1. The molecular weight excluding hydrogens is 376 g/mol. The molecule has 28 heavy (non-hydrogen) atoms. The number of fused-ring (bicyclic) bond motifs is 1. The van der Waals surface area contributed by atoms with Crippen LogP contribution in [0.25, 0.3) is 26.5 Å². The first-order valence-electron chi connectivity index (χ1n) is 8.21. The van der Waals surface area contributed by atoms with E-state index in [1.54, 1.807) is 28.8 Å². The normalized spacial score (nSPS) is 10.7. The number of nitrogen functional groups attached to an aromatic ring is 1. The van der Waals surface area contributed by atoms with E-state index < -0.39 is 5.97 Å². The minimum absolute atomic E-state index is 0.0826. The van der Waals surface area contributed by atoms with E-state index in [1.165, 1.54) is 24.6 Å². The van der Waals surface area contributed by atoms with Gasteiger partial charge in [-0.15, -0.1) is 11.3 Å². The van der Waals surface area contributed by atoms with E-state index in [1.807, 2.05) is 24.3 Å². The number of aromatic nitrogens is 2. The smallest absolute Gasteiger partial charge is 0.357 e. The summed E-state index contributed by atoms with van der Waals surface area (Å²) in [6.07, 6.45) is 1.51. The molecule has 0 unspecified atom stereocenters. The fourth-order valence-electron chi connectivity index (χ4n) is 2.94. The van der Waals surface area contributed by atoms with Gasteiger partial charge in [0.2, 0.25) is 0 Å². The lowest BCUT2D eigenvalue weighted by molar-refractivity contribution is 0.0593. The van der Waals surface area contributed by atoms with Gasteiger partial charge < -0.3 is 20.1 Å². The number of carbonyl (C=O) groups excluding carboxylic acids is 1. The lowest BCUT2D eigenvalue weighted by Crippen LogP contribution is -2.11. The van der Waals surface area contributed by atoms with Crippen LogP contribution in [0.3, 0.4) is 0 Å². The van der Waals surface area contributed by atoms with Gasteiger partial charge in [0, 0.05) is 17.4 Å². The highest BCUT2D eigenvalue weighted by Crippen LogP contribution is 2.33. The monoisotopic (exact) mass is 390 g/mol. The van der Waals surface area contributed by atoms with Gasteiger partial charge in [-0.1, -0.05) is 12.1 Å². The van der Waals surface area contributed by atoms with Gasteiger partial charge >= 0.3 is 5.97 Å². The second-order valence-electron chi connectivity index (χ2n) is 6.00. The third-order valence-corrected chi connectivity index (χ3v) is 5.35. The van der Waals surface area contributed by atoms with Crippen molar-refractivity contribution in [2.75, 3.05) is 12.8 Å². The van der Waals surface area contributed by atoms with Crippen molar-refractivity contribution in [1.82, 2.24) is 9.55 Å². The molecule has 0 atom stereocenters. The number of methoxy groups -OCH3 is 1. The SMILES string of the molecule is COC(=O)c1c(N)c(C#N)cn1-c1ccc2nc(-c3cccc(O)c3)sc2c1. The van der Waals surface area contributed by atoms with Gasteiger partial charge in [-0.25, -0.2) is 9.78 Å². The topological polar surface area (TPSA) is 114 Å². The molecule has 138 valence electrons. The number of nitrogens with zero attached hydrogens (tertiary/aromatic N) is 3. The van der Waals surface area contributed by atoms with Crippen LogP contribution >= 0.6 is 11.3 Å². The Balaban J connectivity index is 1.85. The zero-order valence-corrected chi connectivity index (χ0v) is 15.5. The number of hydrogen-bond donors (Lipinski definition) is 2. The van der Waals surface area contributed by atoms with Crippen LogP contribution in [0.2, 0.25) is 0 Å². The maximum atomic E-state index is 12.2. The summed E-state index contributed by atoms with van der Waals surface area (Å²) in [7, 11) is 1.26. The Morgan fingerprint density at radius 1 is 1.32 bits per heavy atom. The summed E-state index contributed by atoms with van der Waals surface area (Å²) in [5.74, 6) is -0.448. The van der Waals surface area contributed by atoms with Gasteiger partial charge in [0.05, 0.1) is 28.6 Å². The second kappa shape index (κ2) is 6.72. The maximum absolute atomic E-state index is 12.2. The summed E-state index contributed by atoms with van der Waals surface area (Å²) in [6.45, 7) is 0. The summed E-state index contributed by atoms with van der Waals surface area (Å²) in [5, 5.41) is 19.7. The molecule has 2 heterocycles. The van der Waals surface area contributed by atoms with Crippen LogP contribution in [-0.2, 0) is 4.74 Å². The van der Waals surface area contributed by atoms with Crippen molar-refractivity contribution in [3.63, 3.8) is 0 Å². The Labute approximate surface area is 163 Å². The highest BCUT2D eigenvalue weighted by atomic mass is 32.1. The number of benzene rings is 2. The predicted molar refractivity (Wildman–Crippen MR) is 107 cm³/mol. The van der Waals surface area contributed by atoms with Crippen LogP contribution < -0.4 is 5.73 Å². The minimum atomic E-state index is -0.621. The molecule has 4 rings (SSSR count). The lowest BCUT2D eigenvalue weighted by Gasteiger charge is -2.08. The Kier molecular flexibility index (Phi) is 4.22. The number of thiazole rings is 1. The predicted octanol–water partition coefficient (Wildman–Crippen LogP) is 3.70. The largest absolute Gasteiger partial charge is 0.508 e. The summed E-state index contributed by atoms with van der Waals surface area (Å²) in [5.41, 5.74) is 8.61. The molecule has 0 fully saturated rings. The number of esters is 1. The molecule has 0 bridgehead atoms. The molecule has 2 aromatic heterocycles. The van der Waals surface area contributed by atoms with E-state index in [0.717, 1.165) is 20.8 Å². The highest BCUT2D eigenvalue weighted by molar-refractivity contribution is 7.21. The van der Waals surface area contributed by atoms with Gasteiger partial charge in [0.1, 0.15) is 16.8 Å². The fraction of sp³-hybridized carbons (Fsp3) is 0.0500. The first kappa shape index (κ1) is 17.6. The molecule has 0 aliphatic carbocycles. The first-order valence-corrected chi connectivity index (χ1v) is 9.03. The summed E-state index contributed by atoms with van der Waals surface area (Å²) < 4.78 is 7.25. The van der Waals surface area contributed by atoms with Gasteiger partial charge in [-0.3, -0.25) is 0 Å². The number of rotatable bonds is 3. The summed E-state index contributed by atoms with van der Waals surface area (Å²) in [4.78, 5) is 16.8. The van der Waals surface area contributed by atoms with E-state index in [4.69, 9.17) is 10.5 Å². The van der Waals surface area contributed by atoms with E-state index in [9.17, 15) is 15.2 Å². The molecule has 7 nitrogen and oxygen atoms in total. The Hall–Kier alpha value is -3.83. The highest BCUT2D eigenvalue weighted by Gasteiger charge is 2.22. The Morgan fingerprint density at radius 2 is 2.14 bits per heavy atom.